The van der Waals surface area contributed by atoms with Crippen LogP contribution in [-0.4, -0.2) is 26.2 Å². The summed E-state index contributed by atoms with van der Waals surface area (Å²) in [6.07, 6.45) is 2.05. The number of hydrogen-bond donors (Lipinski definition) is 1. The summed E-state index contributed by atoms with van der Waals surface area (Å²) in [7, 11) is 0. The Labute approximate surface area is 94.5 Å². The molecule has 84 valence electrons. The molecule has 0 bridgehead atoms. The fourth-order valence-electron chi connectivity index (χ4n) is 1.58. The third-order valence-corrected chi connectivity index (χ3v) is 2.28. The van der Waals surface area contributed by atoms with Crippen molar-refractivity contribution >= 4 is 0 Å². The van der Waals surface area contributed by atoms with Gasteiger partial charge in [0.1, 0.15) is 0 Å². The van der Waals surface area contributed by atoms with Gasteiger partial charge in [-0.3, -0.25) is 0 Å². The number of rotatable bonds is 4. The van der Waals surface area contributed by atoms with Crippen molar-refractivity contribution in [2.45, 2.75) is 26.0 Å². The van der Waals surface area contributed by atoms with Crippen LogP contribution in [0.2, 0.25) is 0 Å². The molecule has 16 heavy (non-hydrogen) atoms. The van der Waals surface area contributed by atoms with Crippen molar-refractivity contribution in [2.24, 2.45) is 0 Å². The van der Waals surface area contributed by atoms with Gasteiger partial charge in [-0.15, -0.1) is 5.10 Å². The molecule has 0 radical (unpaired) electrons. The highest BCUT2D eigenvalue weighted by Gasteiger charge is 2.04. The smallest absolute Gasteiger partial charge is 0.0852 e. The van der Waals surface area contributed by atoms with Crippen LogP contribution in [0.25, 0.3) is 0 Å². The van der Waals surface area contributed by atoms with Gasteiger partial charge < -0.3 is 5.11 Å². The summed E-state index contributed by atoms with van der Waals surface area (Å²) in [5.74, 6) is 0. The molecule has 0 aliphatic heterocycles. The molecule has 1 aromatic carbocycles. The lowest BCUT2D eigenvalue weighted by molar-refractivity contribution is 0.194. The minimum Gasteiger partial charge on any atom is -0.393 e. The van der Waals surface area contributed by atoms with Crippen LogP contribution in [0, 0.1) is 0 Å². The van der Waals surface area contributed by atoms with Crippen LogP contribution >= 0.6 is 0 Å². The molecule has 4 heteroatoms. The molecule has 0 fully saturated rings. The molecule has 1 N–H and O–H groups in total. The highest BCUT2D eigenvalue weighted by molar-refractivity contribution is 5.14. The zero-order valence-electron chi connectivity index (χ0n) is 9.24. The lowest BCUT2D eigenvalue weighted by Crippen LogP contribution is -2.04. The molecule has 1 atom stereocenters. The first-order chi connectivity index (χ1) is 7.74. The van der Waals surface area contributed by atoms with Gasteiger partial charge in [-0.2, -0.15) is 0 Å². The van der Waals surface area contributed by atoms with Crippen molar-refractivity contribution in [1.82, 2.24) is 15.0 Å². The molecule has 2 rings (SSSR count). The first kappa shape index (κ1) is 10.8. The van der Waals surface area contributed by atoms with E-state index < -0.39 is 0 Å². The van der Waals surface area contributed by atoms with E-state index in [2.05, 4.69) is 22.4 Å². The number of aliphatic hydroxyl groups is 1. The molecular weight excluding hydrogens is 202 g/mol. The van der Waals surface area contributed by atoms with E-state index in [4.69, 9.17) is 0 Å². The van der Waals surface area contributed by atoms with Gasteiger partial charge in [0.2, 0.25) is 0 Å². The maximum absolute atomic E-state index is 9.23. The van der Waals surface area contributed by atoms with Crippen molar-refractivity contribution in [3.63, 3.8) is 0 Å². The summed E-state index contributed by atoms with van der Waals surface area (Å²) in [6.45, 7) is 2.46. The minimum absolute atomic E-state index is 0.373. The van der Waals surface area contributed by atoms with E-state index in [0.717, 1.165) is 5.69 Å². The van der Waals surface area contributed by atoms with E-state index in [1.807, 2.05) is 24.4 Å². The van der Waals surface area contributed by atoms with E-state index in [0.29, 0.717) is 13.0 Å². The SMILES string of the molecule is C[C@H](O)Cc1cn(Cc2ccccc2)nn1. The van der Waals surface area contributed by atoms with Crippen LogP contribution in [-0.2, 0) is 13.0 Å². The minimum atomic E-state index is -0.373. The number of hydrogen-bond acceptors (Lipinski definition) is 3. The Morgan fingerprint density at radius 2 is 2.06 bits per heavy atom. The summed E-state index contributed by atoms with van der Waals surface area (Å²) in [4.78, 5) is 0. The zero-order valence-corrected chi connectivity index (χ0v) is 9.24. The Morgan fingerprint density at radius 3 is 2.75 bits per heavy atom. The predicted octanol–water partition coefficient (Wildman–Crippen LogP) is 1.25. The van der Waals surface area contributed by atoms with Crippen LogP contribution in [0.15, 0.2) is 36.5 Å². The molecule has 0 spiro atoms. The number of nitrogens with zero attached hydrogens (tertiary/aromatic N) is 3. The lowest BCUT2D eigenvalue weighted by Gasteiger charge is -2.00. The van der Waals surface area contributed by atoms with Gasteiger partial charge in [0.05, 0.1) is 18.3 Å². The molecule has 2 aromatic rings. The Morgan fingerprint density at radius 1 is 1.31 bits per heavy atom. The molecule has 1 heterocycles. The van der Waals surface area contributed by atoms with Crippen LogP contribution in [0.3, 0.4) is 0 Å². The standard InChI is InChI=1S/C12H15N3O/c1-10(16)7-12-9-15(14-13-12)8-11-5-3-2-4-6-11/h2-6,9-10,16H,7-8H2,1H3/t10-/m0/s1. The van der Waals surface area contributed by atoms with Gasteiger partial charge in [0, 0.05) is 12.6 Å². The third-order valence-electron chi connectivity index (χ3n) is 2.28. The van der Waals surface area contributed by atoms with Gasteiger partial charge >= 0.3 is 0 Å². The normalized spacial score (nSPS) is 12.6. The first-order valence-corrected chi connectivity index (χ1v) is 5.35. The Kier molecular flexibility index (Phi) is 3.31. The monoisotopic (exact) mass is 217 g/mol. The van der Waals surface area contributed by atoms with E-state index in [1.54, 1.807) is 11.6 Å². The second-order valence-corrected chi connectivity index (χ2v) is 3.95. The summed E-state index contributed by atoms with van der Waals surface area (Å²) in [5, 5.41) is 17.3. The fraction of sp³-hybridized carbons (Fsp3) is 0.333. The molecule has 0 aliphatic rings. The van der Waals surface area contributed by atoms with Crippen LogP contribution in [0.5, 0.6) is 0 Å². The van der Waals surface area contributed by atoms with E-state index >= 15 is 0 Å². The van der Waals surface area contributed by atoms with E-state index in [9.17, 15) is 5.11 Å². The summed E-state index contributed by atoms with van der Waals surface area (Å²) in [6, 6.07) is 10.1. The summed E-state index contributed by atoms with van der Waals surface area (Å²) < 4.78 is 1.78. The Bertz CT molecular complexity index is 437. The lowest BCUT2D eigenvalue weighted by atomic mass is 10.2. The third kappa shape index (κ3) is 2.90. The predicted molar refractivity (Wildman–Crippen MR) is 61.0 cm³/mol. The molecule has 0 amide bonds. The zero-order chi connectivity index (χ0) is 11.4. The maximum Gasteiger partial charge on any atom is 0.0852 e. The Balaban J connectivity index is 2.03. The average Bonchev–Trinajstić information content (AvgIpc) is 2.66. The number of benzene rings is 1. The molecule has 0 saturated carbocycles. The molecule has 0 saturated heterocycles. The Hall–Kier alpha value is -1.68. The largest absolute Gasteiger partial charge is 0.393 e. The second-order valence-electron chi connectivity index (χ2n) is 3.95. The van der Waals surface area contributed by atoms with Crippen molar-refractivity contribution < 1.29 is 5.11 Å². The molecule has 0 unspecified atom stereocenters. The van der Waals surface area contributed by atoms with Crippen molar-refractivity contribution in [2.75, 3.05) is 0 Å². The topological polar surface area (TPSA) is 50.9 Å². The van der Waals surface area contributed by atoms with Crippen LogP contribution in [0.4, 0.5) is 0 Å². The molecule has 4 nitrogen and oxygen atoms in total. The van der Waals surface area contributed by atoms with Crippen molar-refractivity contribution in [3.8, 4) is 0 Å². The van der Waals surface area contributed by atoms with Crippen molar-refractivity contribution in [3.05, 3.63) is 47.8 Å². The van der Waals surface area contributed by atoms with Gasteiger partial charge in [0.15, 0.2) is 0 Å². The maximum atomic E-state index is 9.23. The highest BCUT2D eigenvalue weighted by atomic mass is 16.3. The fourth-order valence-corrected chi connectivity index (χ4v) is 1.58. The number of aromatic nitrogens is 3. The quantitative estimate of drug-likeness (QED) is 0.838. The van der Waals surface area contributed by atoms with Gasteiger partial charge in [-0.1, -0.05) is 35.5 Å². The second kappa shape index (κ2) is 4.90. The van der Waals surface area contributed by atoms with Gasteiger partial charge in [-0.25, -0.2) is 4.68 Å². The van der Waals surface area contributed by atoms with Gasteiger partial charge in [0.25, 0.3) is 0 Å². The molecule has 0 aliphatic carbocycles. The first-order valence-electron chi connectivity index (χ1n) is 5.35. The van der Waals surface area contributed by atoms with Crippen LogP contribution < -0.4 is 0 Å². The summed E-state index contributed by atoms with van der Waals surface area (Å²) >= 11 is 0. The van der Waals surface area contributed by atoms with E-state index in [1.165, 1.54) is 5.56 Å². The van der Waals surface area contributed by atoms with Crippen molar-refractivity contribution in [1.29, 1.82) is 0 Å². The molecular formula is C12H15N3O. The van der Waals surface area contributed by atoms with E-state index in [-0.39, 0.29) is 6.10 Å². The van der Waals surface area contributed by atoms with Gasteiger partial charge in [-0.05, 0) is 12.5 Å². The molecule has 1 aromatic heterocycles. The number of aliphatic hydroxyl groups excluding tert-OH is 1. The summed E-state index contributed by atoms with van der Waals surface area (Å²) in [5.41, 5.74) is 2.02. The van der Waals surface area contributed by atoms with Crippen LogP contribution in [0.1, 0.15) is 18.2 Å². The average molecular weight is 217 g/mol. The highest BCUT2D eigenvalue weighted by Crippen LogP contribution is 2.03.